The number of likely N-dealkylation sites (tertiary alicyclic amines) is 1. The third-order valence-corrected chi connectivity index (χ3v) is 2.70. The van der Waals surface area contributed by atoms with Crippen LogP contribution in [0.5, 0.6) is 0 Å². The van der Waals surface area contributed by atoms with Crippen LogP contribution in [-0.4, -0.2) is 61.7 Å². The summed E-state index contributed by atoms with van der Waals surface area (Å²) in [6.45, 7) is 3.01. The van der Waals surface area contributed by atoms with Crippen LogP contribution in [-0.2, 0) is 9.47 Å². The molecule has 2 atom stereocenters. The standard InChI is InChI=1S/C8H15NO3/c1-11-6-2-9(3-6)7-4-12-5-8(7)10/h6-8,10H,2-5H2,1H3/t7-,8-/m1/s1. The molecule has 0 aromatic rings. The summed E-state index contributed by atoms with van der Waals surface area (Å²) in [6, 6.07) is 0.205. The summed E-state index contributed by atoms with van der Waals surface area (Å²) in [7, 11) is 1.73. The number of methoxy groups -OCH3 is 1. The number of nitrogens with zero attached hydrogens (tertiary/aromatic N) is 1. The third-order valence-electron chi connectivity index (χ3n) is 2.70. The normalized spacial score (nSPS) is 38.5. The third kappa shape index (κ3) is 1.35. The average molecular weight is 173 g/mol. The van der Waals surface area contributed by atoms with Crippen LogP contribution in [0.1, 0.15) is 0 Å². The molecule has 0 aromatic heterocycles. The molecule has 0 bridgehead atoms. The first-order valence-electron chi connectivity index (χ1n) is 4.34. The average Bonchev–Trinajstić information content (AvgIpc) is 2.35. The fourth-order valence-electron chi connectivity index (χ4n) is 1.77. The molecule has 4 heteroatoms. The Balaban J connectivity index is 1.79. The second-order valence-electron chi connectivity index (χ2n) is 3.48. The van der Waals surface area contributed by atoms with Crippen molar-refractivity contribution in [3.63, 3.8) is 0 Å². The molecule has 0 radical (unpaired) electrons. The largest absolute Gasteiger partial charge is 0.389 e. The van der Waals surface area contributed by atoms with E-state index in [1.54, 1.807) is 7.11 Å². The van der Waals surface area contributed by atoms with E-state index in [9.17, 15) is 5.11 Å². The lowest BCUT2D eigenvalue weighted by molar-refractivity contribution is -0.0671. The molecule has 70 valence electrons. The lowest BCUT2D eigenvalue weighted by Crippen LogP contribution is -2.59. The zero-order chi connectivity index (χ0) is 8.55. The smallest absolute Gasteiger partial charge is 0.0950 e. The molecular formula is C8H15NO3. The van der Waals surface area contributed by atoms with Crippen LogP contribution < -0.4 is 0 Å². The van der Waals surface area contributed by atoms with Gasteiger partial charge in [-0.25, -0.2) is 0 Å². The van der Waals surface area contributed by atoms with Crippen LogP contribution in [0.3, 0.4) is 0 Å². The molecule has 0 amide bonds. The van der Waals surface area contributed by atoms with Crippen LogP contribution in [0.4, 0.5) is 0 Å². The van der Waals surface area contributed by atoms with E-state index in [0.29, 0.717) is 19.3 Å². The maximum Gasteiger partial charge on any atom is 0.0950 e. The monoisotopic (exact) mass is 173 g/mol. The number of aliphatic hydroxyl groups excluding tert-OH is 1. The first-order chi connectivity index (χ1) is 5.81. The van der Waals surface area contributed by atoms with E-state index in [2.05, 4.69) is 4.90 Å². The molecule has 2 fully saturated rings. The molecule has 1 N–H and O–H groups in total. The van der Waals surface area contributed by atoms with Crippen molar-refractivity contribution in [1.82, 2.24) is 4.90 Å². The topological polar surface area (TPSA) is 41.9 Å². The lowest BCUT2D eigenvalue weighted by atomic mass is 10.1. The van der Waals surface area contributed by atoms with Gasteiger partial charge in [0.15, 0.2) is 0 Å². The number of ether oxygens (including phenoxy) is 2. The van der Waals surface area contributed by atoms with E-state index in [-0.39, 0.29) is 12.1 Å². The van der Waals surface area contributed by atoms with Gasteiger partial charge in [-0.1, -0.05) is 0 Å². The Bertz CT molecular complexity index is 158. The summed E-state index contributed by atoms with van der Waals surface area (Å²) in [4.78, 5) is 2.21. The predicted octanol–water partition coefficient (Wildman–Crippen LogP) is -0.923. The minimum atomic E-state index is -0.303. The molecule has 0 aromatic carbocycles. The molecule has 4 nitrogen and oxygen atoms in total. The van der Waals surface area contributed by atoms with Gasteiger partial charge in [-0.2, -0.15) is 0 Å². The summed E-state index contributed by atoms with van der Waals surface area (Å²) in [5.41, 5.74) is 0. The Morgan fingerprint density at radius 3 is 2.67 bits per heavy atom. The molecular weight excluding hydrogens is 158 g/mol. The van der Waals surface area contributed by atoms with Crippen molar-refractivity contribution >= 4 is 0 Å². The second kappa shape index (κ2) is 3.30. The van der Waals surface area contributed by atoms with E-state index in [0.717, 1.165) is 13.1 Å². The van der Waals surface area contributed by atoms with Gasteiger partial charge in [0.2, 0.25) is 0 Å². The van der Waals surface area contributed by atoms with E-state index < -0.39 is 0 Å². The van der Waals surface area contributed by atoms with Gasteiger partial charge in [0, 0.05) is 20.2 Å². The van der Waals surface area contributed by atoms with Crippen molar-refractivity contribution in [2.24, 2.45) is 0 Å². The van der Waals surface area contributed by atoms with E-state index in [1.807, 2.05) is 0 Å². The second-order valence-corrected chi connectivity index (χ2v) is 3.48. The van der Waals surface area contributed by atoms with Crippen molar-refractivity contribution in [2.75, 3.05) is 33.4 Å². The summed E-state index contributed by atoms with van der Waals surface area (Å²) >= 11 is 0. The highest BCUT2D eigenvalue weighted by molar-refractivity contribution is 4.91. The molecule has 2 rings (SSSR count). The van der Waals surface area contributed by atoms with Gasteiger partial charge in [-0.3, -0.25) is 4.90 Å². The first kappa shape index (κ1) is 8.44. The van der Waals surface area contributed by atoms with Gasteiger partial charge in [0.1, 0.15) is 0 Å². The van der Waals surface area contributed by atoms with Gasteiger partial charge in [-0.15, -0.1) is 0 Å². The van der Waals surface area contributed by atoms with Crippen molar-refractivity contribution in [3.05, 3.63) is 0 Å². The molecule has 0 unspecified atom stereocenters. The van der Waals surface area contributed by atoms with Crippen molar-refractivity contribution in [3.8, 4) is 0 Å². The quantitative estimate of drug-likeness (QED) is 0.586. The highest BCUT2D eigenvalue weighted by Gasteiger charge is 2.38. The number of aliphatic hydroxyl groups is 1. The van der Waals surface area contributed by atoms with E-state index >= 15 is 0 Å². The number of hydrogen-bond donors (Lipinski definition) is 1. The Morgan fingerprint density at radius 1 is 1.42 bits per heavy atom. The molecule has 0 spiro atoms. The van der Waals surface area contributed by atoms with Crippen molar-refractivity contribution in [2.45, 2.75) is 18.2 Å². The Hall–Kier alpha value is -0.160. The summed E-state index contributed by atoms with van der Waals surface area (Å²) in [5.74, 6) is 0. The van der Waals surface area contributed by atoms with Crippen molar-refractivity contribution in [1.29, 1.82) is 0 Å². The fourth-order valence-corrected chi connectivity index (χ4v) is 1.77. The van der Waals surface area contributed by atoms with Gasteiger partial charge in [-0.05, 0) is 0 Å². The van der Waals surface area contributed by atoms with Gasteiger partial charge >= 0.3 is 0 Å². The minimum absolute atomic E-state index is 0.205. The molecule has 12 heavy (non-hydrogen) atoms. The molecule has 2 saturated heterocycles. The van der Waals surface area contributed by atoms with Gasteiger partial charge in [0.05, 0.1) is 31.5 Å². The maximum absolute atomic E-state index is 9.48. The molecule has 0 saturated carbocycles. The molecule has 2 heterocycles. The predicted molar refractivity (Wildman–Crippen MR) is 43.0 cm³/mol. The highest BCUT2D eigenvalue weighted by atomic mass is 16.5. The van der Waals surface area contributed by atoms with E-state index in [4.69, 9.17) is 9.47 Å². The van der Waals surface area contributed by atoms with Crippen LogP contribution in [0.2, 0.25) is 0 Å². The van der Waals surface area contributed by atoms with Gasteiger partial charge < -0.3 is 14.6 Å². The summed E-state index contributed by atoms with van der Waals surface area (Å²) in [5, 5.41) is 9.48. The Kier molecular flexibility index (Phi) is 2.32. The molecule has 2 aliphatic rings. The number of hydrogen-bond acceptors (Lipinski definition) is 4. The zero-order valence-corrected chi connectivity index (χ0v) is 7.27. The lowest BCUT2D eigenvalue weighted by Gasteiger charge is -2.42. The Morgan fingerprint density at radius 2 is 2.17 bits per heavy atom. The zero-order valence-electron chi connectivity index (χ0n) is 7.27. The number of rotatable bonds is 2. The van der Waals surface area contributed by atoms with Crippen LogP contribution >= 0.6 is 0 Å². The van der Waals surface area contributed by atoms with E-state index in [1.165, 1.54) is 0 Å². The van der Waals surface area contributed by atoms with Crippen LogP contribution in [0.15, 0.2) is 0 Å². The van der Waals surface area contributed by atoms with Gasteiger partial charge in [0.25, 0.3) is 0 Å². The summed E-state index contributed by atoms with van der Waals surface area (Å²) in [6.07, 6.45) is 0.0561. The van der Waals surface area contributed by atoms with Crippen molar-refractivity contribution < 1.29 is 14.6 Å². The highest BCUT2D eigenvalue weighted by Crippen LogP contribution is 2.20. The Labute approximate surface area is 72.1 Å². The summed E-state index contributed by atoms with van der Waals surface area (Å²) < 4.78 is 10.3. The first-order valence-corrected chi connectivity index (χ1v) is 4.34. The fraction of sp³-hybridized carbons (Fsp3) is 1.00. The minimum Gasteiger partial charge on any atom is -0.389 e. The maximum atomic E-state index is 9.48. The molecule has 0 aliphatic carbocycles. The van der Waals surface area contributed by atoms with Crippen LogP contribution in [0, 0.1) is 0 Å². The van der Waals surface area contributed by atoms with Crippen LogP contribution in [0.25, 0.3) is 0 Å². The molecule has 2 aliphatic heterocycles. The SMILES string of the molecule is COC1CN([C@@H]2COC[C@H]2O)C1.